The van der Waals surface area contributed by atoms with E-state index in [-0.39, 0.29) is 23.4 Å². The fraction of sp³-hybridized carbons (Fsp3) is 0.538. The first kappa shape index (κ1) is 14.5. The van der Waals surface area contributed by atoms with Crippen molar-refractivity contribution >= 4 is 10.0 Å². The minimum atomic E-state index is -3.53. The maximum atomic E-state index is 12.4. The average molecular weight is 284 g/mol. The fourth-order valence-electron chi connectivity index (χ4n) is 2.29. The van der Waals surface area contributed by atoms with E-state index in [2.05, 4.69) is 4.72 Å². The predicted molar refractivity (Wildman–Crippen MR) is 73.0 cm³/mol. The number of sulfonamides is 1. The lowest BCUT2D eigenvalue weighted by Crippen LogP contribution is -2.38. The summed E-state index contributed by atoms with van der Waals surface area (Å²) < 4.78 is 32.8. The third-order valence-electron chi connectivity index (χ3n) is 3.50. The molecule has 0 saturated carbocycles. The standard InChI is InChI=1S/C13H20N2O3S/c1-10(12-6-7-18-9-12)15-19(16,17)13-5-3-2-4-11(13)8-14/h2-5,10,12,15H,6-9,14H2,1H3. The molecule has 0 radical (unpaired) electrons. The van der Waals surface area contributed by atoms with Gasteiger partial charge in [-0.15, -0.1) is 0 Å². The summed E-state index contributed by atoms with van der Waals surface area (Å²) in [4.78, 5) is 0.267. The molecule has 0 aromatic heterocycles. The number of rotatable bonds is 5. The number of benzene rings is 1. The van der Waals surface area contributed by atoms with Crippen LogP contribution in [0.2, 0.25) is 0 Å². The van der Waals surface area contributed by atoms with Crippen LogP contribution < -0.4 is 10.5 Å². The van der Waals surface area contributed by atoms with Crippen LogP contribution in [0.4, 0.5) is 0 Å². The van der Waals surface area contributed by atoms with Gasteiger partial charge < -0.3 is 10.5 Å². The molecule has 6 heteroatoms. The molecule has 0 spiro atoms. The molecule has 1 aromatic carbocycles. The van der Waals surface area contributed by atoms with Crippen molar-refractivity contribution in [1.82, 2.24) is 4.72 Å². The van der Waals surface area contributed by atoms with E-state index in [0.717, 1.165) is 6.42 Å². The summed E-state index contributed by atoms with van der Waals surface area (Å²) in [5, 5.41) is 0. The van der Waals surface area contributed by atoms with Crippen molar-refractivity contribution in [3.05, 3.63) is 29.8 Å². The Bertz CT molecular complexity index is 524. The average Bonchev–Trinajstić information content (AvgIpc) is 2.92. The summed E-state index contributed by atoms with van der Waals surface area (Å²) in [5.74, 6) is 0.236. The molecule has 2 atom stereocenters. The zero-order chi connectivity index (χ0) is 13.9. The zero-order valence-corrected chi connectivity index (χ0v) is 11.8. The van der Waals surface area contributed by atoms with E-state index in [1.165, 1.54) is 0 Å². The van der Waals surface area contributed by atoms with Crippen molar-refractivity contribution in [2.24, 2.45) is 11.7 Å². The third kappa shape index (κ3) is 3.33. The second kappa shape index (κ2) is 6.00. The van der Waals surface area contributed by atoms with Crippen molar-refractivity contribution in [3.63, 3.8) is 0 Å². The fourth-order valence-corrected chi connectivity index (χ4v) is 3.85. The van der Waals surface area contributed by atoms with Gasteiger partial charge in [0, 0.05) is 25.1 Å². The first-order chi connectivity index (χ1) is 9.04. The molecule has 0 amide bonds. The van der Waals surface area contributed by atoms with Gasteiger partial charge in [0.05, 0.1) is 11.5 Å². The lowest BCUT2D eigenvalue weighted by Gasteiger charge is -2.20. The van der Waals surface area contributed by atoms with Gasteiger partial charge in [-0.1, -0.05) is 18.2 Å². The Balaban J connectivity index is 2.17. The van der Waals surface area contributed by atoms with Crippen LogP contribution in [0, 0.1) is 5.92 Å². The molecule has 0 aliphatic carbocycles. The topological polar surface area (TPSA) is 81.4 Å². The number of ether oxygens (including phenoxy) is 1. The number of nitrogens with two attached hydrogens (primary N) is 1. The van der Waals surface area contributed by atoms with Crippen LogP contribution in [-0.4, -0.2) is 27.7 Å². The second-order valence-electron chi connectivity index (χ2n) is 4.85. The Hall–Kier alpha value is -0.950. The highest BCUT2D eigenvalue weighted by atomic mass is 32.2. The molecule has 3 N–H and O–H groups in total. The second-order valence-corrected chi connectivity index (χ2v) is 6.53. The quantitative estimate of drug-likeness (QED) is 0.840. The molecule has 5 nitrogen and oxygen atoms in total. The Labute approximate surface area is 114 Å². The SMILES string of the molecule is CC(NS(=O)(=O)c1ccccc1CN)C1CCOC1. The van der Waals surface area contributed by atoms with Gasteiger partial charge in [0.25, 0.3) is 0 Å². The van der Waals surface area contributed by atoms with Gasteiger partial charge in [0.2, 0.25) is 10.0 Å². The maximum Gasteiger partial charge on any atom is 0.241 e. The van der Waals surface area contributed by atoms with Gasteiger partial charge in [-0.3, -0.25) is 0 Å². The molecule has 2 rings (SSSR count). The molecule has 106 valence electrons. The molecule has 19 heavy (non-hydrogen) atoms. The van der Waals surface area contributed by atoms with Gasteiger partial charge in [-0.25, -0.2) is 13.1 Å². The minimum Gasteiger partial charge on any atom is -0.381 e. The van der Waals surface area contributed by atoms with Gasteiger partial charge in [-0.05, 0) is 25.0 Å². The normalized spacial score (nSPS) is 21.5. The van der Waals surface area contributed by atoms with E-state index >= 15 is 0 Å². The summed E-state index contributed by atoms with van der Waals surface area (Å²) in [6, 6.07) is 6.67. The molecule has 0 bridgehead atoms. The highest BCUT2D eigenvalue weighted by Gasteiger charge is 2.27. The lowest BCUT2D eigenvalue weighted by atomic mass is 10.0. The molecule has 2 unspecified atom stereocenters. The summed E-state index contributed by atoms with van der Waals surface area (Å²) in [5.41, 5.74) is 6.22. The van der Waals surface area contributed by atoms with Crippen LogP contribution in [-0.2, 0) is 21.3 Å². The smallest absolute Gasteiger partial charge is 0.241 e. The van der Waals surface area contributed by atoms with Gasteiger partial charge in [0.1, 0.15) is 0 Å². The van der Waals surface area contributed by atoms with Crippen LogP contribution in [0.5, 0.6) is 0 Å². The summed E-state index contributed by atoms with van der Waals surface area (Å²) in [6.07, 6.45) is 0.891. The van der Waals surface area contributed by atoms with Crippen molar-refractivity contribution < 1.29 is 13.2 Å². The molecule has 1 aromatic rings. The van der Waals surface area contributed by atoms with E-state index in [9.17, 15) is 8.42 Å². The van der Waals surface area contributed by atoms with Gasteiger partial charge in [0.15, 0.2) is 0 Å². The predicted octanol–water partition coefficient (Wildman–Crippen LogP) is 0.849. The van der Waals surface area contributed by atoms with Crippen LogP contribution in [0.3, 0.4) is 0 Å². The van der Waals surface area contributed by atoms with E-state index in [1.807, 2.05) is 6.92 Å². The molecule has 1 fully saturated rings. The Morgan fingerprint density at radius 2 is 2.21 bits per heavy atom. The van der Waals surface area contributed by atoms with Gasteiger partial charge >= 0.3 is 0 Å². The first-order valence-corrected chi connectivity index (χ1v) is 7.91. The molecule has 1 heterocycles. The number of hydrogen-bond donors (Lipinski definition) is 2. The van der Waals surface area contributed by atoms with Crippen molar-refractivity contribution in [2.45, 2.75) is 30.8 Å². The molecular weight excluding hydrogens is 264 g/mol. The minimum absolute atomic E-state index is 0.140. The summed E-state index contributed by atoms with van der Waals surface area (Å²) in [6.45, 7) is 3.40. The van der Waals surface area contributed by atoms with Crippen LogP contribution >= 0.6 is 0 Å². The highest BCUT2D eigenvalue weighted by Crippen LogP contribution is 2.20. The molecule has 1 aliphatic heterocycles. The maximum absolute atomic E-state index is 12.4. The van der Waals surface area contributed by atoms with Crippen LogP contribution in [0.15, 0.2) is 29.2 Å². The summed E-state index contributed by atoms with van der Waals surface area (Å²) in [7, 11) is -3.53. The lowest BCUT2D eigenvalue weighted by molar-refractivity contribution is 0.180. The summed E-state index contributed by atoms with van der Waals surface area (Å²) >= 11 is 0. The van der Waals surface area contributed by atoms with Crippen molar-refractivity contribution in [2.75, 3.05) is 13.2 Å². The zero-order valence-electron chi connectivity index (χ0n) is 11.0. The van der Waals surface area contributed by atoms with Gasteiger partial charge in [-0.2, -0.15) is 0 Å². The first-order valence-electron chi connectivity index (χ1n) is 6.42. The highest BCUT2D eigenvalue weighted by molar-refractivity contribution is 7.89. The number of hydrogen-bond acceptors (Lipinski definition) is 4. The van der Waals surface area contributed by atoms with Crippen LogP contribution in [0.1, 0.15) is 18.9 Å². The monoisotopic (exact) mass is 284 g/mol. The third-order valence-corrected chi connectivity index (χ3v) is 5.15. The molecule has 1 aliphatic rings. The van der Waals surface area contributed by atoms with E-state index in [1.54, 1.807) is 24.3 Å². The van der Waals surface area contributed by atoms with Crippen molar-refractivity contribution in [3.8, 4) is 0 Å². The Morgan fingerprint density at radius 1 is 1.47 bits per heavy atom. The Kier molecular flexibility index (Phi) is 4.57. The largest absolute Gasteiger partial charge is 0.381 e. The molecule has 1 saturated heterocycles. The van der Waals surface area contributed by atoms with E-state index in [0.29, 0.717) is 18.8 Å². The van der Waals surface area contributed by atoms with Crippen molar-refractivity contribution in [1.29, 1.82) is 0 Å². The van der Waals surface area contributed by atoms with E-state index in [4.69, 9.17) is 10.5 Å². The van der Waals surface area contributed by atoms with Crippen LogP contribution in [0.25, 0.3) is 0 Å². The van der Waals surface area contributed by atoms with E-state index < -0.39 is 10.0 Å². The number of nitrogens with one attached hydrogen (secondary N) is 1. The molecular formula is C13H20N2O3S. The Morgan fingerprint density at radius 3 is 2.84 bits per heavy atom.